The van der Waals surface area contributed by atoms with Crippen molar-refractivity contribution in [3.05, 3.63) is 42.1 Å². The molecule has 1 N–H and O–H groups in total. The number of nitrogens with one attached hydrogen (secondary N) is 1. The van der Waals surface area contributed by atoms with Crippen LogP contribution in [0.4, 0.5) is 5.13 Å². The molecule has 0 radical (unpaired) electrons. The summed E-state index contributed by atoms with van der Waals surface area (Å²) in [4.78, 5) is 18.8. The third-order valence-corrected chi connectivity index (χ3v) is 7.56. The number of rotatable bonds is 5. The molecule has 4 aromatic rings. The van der Waals surface area contributed by atoms with Crippen LogP contribution < -0.4 is 9.46 Å². The summed E-state index contributed by atoms with van der Waals surface area (Å²) in [5, 5.41) is 4.50. The zero-order chi connectivity index (χ0) is 21.6. The lowest BCUT2D eigenvalue weighted by Gasteiger charge is -2.13. The third-order valence-electron chi connectivity index (χ3n) is 5.16. The monoisotopic (exact) mass is 458 g/mol. The Bertz CT molecular complexity index is 1400. The lowest BCUT2D eigenvalue weighted by molar-refractivity contribution is 0.0784. The van der Waals surface area contributed by atoms with E-state index in [2.05, 4.69) is 14.9 Å². The van der Waals surface area contributed by atoms with Crippen molar-refractivity contribution in [2.24, 2.45) is 0 Å². The van der Waals surface area contributed by atoms with E-state index in [0.717, 1.165) is 17.5 Å². The van der Waals surface area contributed by atoms with Crippen molar-refractivity contribution < 1.29 is 22.5 Å². The smallest absolute Gasteiger partial charge is 0.276 e. The number of aromatic nitrogens is 2. The van der Waals surface area contributed by atoms with Gasteiger partial charge in [0.2, 0.25) is 0 Å². The van der Waals surface area contributed by atoms with E-state index in [0.29, 0.717) is 35.3 Å². The molecule has 0 bridgehead atoms. The molecular formula is C20H18N4O5S2. The van der Waals surface area contributed by atoms with E-state index in [1.807, 2.05) is 0 Å². The molecule has 9 nitrogen and oxygen atoms in total. The van der Waals surface area contributed by atoms with E-state index in [9.17, 15) is 13.2 Å². The Kier molecular flexibility index (Phi) is 4.78. The van der Waals surface area contributed by atoms with Crippen LogP contribution in [0.1, 0.15) is 23.3 Å². The van der Waals surface area contributed by atoms with Gasteiger partial charge in [0.25, 0.3) is 15.9 Å². The highest BCUT2D eigenvalue weighted by molar-refractivity contribution is 7.93. The average molecular weight is 459 g/mol. The van der Waals surface area contributed by atoms with Crippen LogP contribution in [0, 0.1) is 0 Å². The lowest BCUT2D eigenvalue weighted by atomic mass is 10.2. The third kappa shape index (κ3) is 3.59. The molecule has 5 rings (SSSR count). The van der Waals surface area contributed by atoms with Gasteiger partial charge in [0.15, 0.2) is 16.4 Å². The Morgan fingerprint density at radius 1 is 1.19 bits per heavy atom. The number of amides is 1. The first-order valence-electron chi connectivity index (χ1n) is 9.61. The minimum Gasteiger partial charge on any atom is -0.497 e. The van der Waals surface area contributed by atoms with Crippen molar-refractivity contribution in [1.82, 2.24) is 15.0 Å². The van der Waals surface area contributed by atoms with Gasteiger partial charge in [-0.2, -0.15) is 0 Å². The van der Waals surface area contributed by atoms with Gasteiger partial charge in [-0.25, -0.2) is 13.4 Å². The predicted molar refractivity (Wildman–Crippen MR) is 116 cm³/mol. The number of methoxy groups -OCH3 is 1. The molecule has 160 valence electrons. The van der Waals surface area contributed by atoms with Gasteiger partial charge < -0.3 is 14.2 Å². The number of carbonyl (C=O) groups excluding carboxylic acids is 1. The largest absolute Gasteiger partial charge is 0.497 e. The molecule has 31 heavy (non-hydrogen) atoms. The zero-order valence-corrected chi connectivity index (χ0v) is 18.1. The van der Waals surface area contributed by atoms with Gasteiger partial charge in [-0.1, -0.05) is 16.5 Å². The molecule has 2 aromatic heterocycles. The molecule has 0 atom stereocenters. The highest BCUT2D eigenvalue weighted by atomic mass is 32.2. The molecule has 2 aromatic carbocycles. The summed E-state index contributed by atoms with van der Waals surface area (Å²) in [6.45, 7) is 1.32. The fourth-order valence-electron chi connectivity index (χ4n) is 3.56. The van der Waals surface area contributed by atoms with Crippen molar-refractivity contribution in [2.45, 2.75) is 17.7 Å². The van der Waals surface area contributed by atoms with Crippen LogP contribution in [-0.4, -0.2) is 49.6 Å². The number of ether oxygens (including phenoxy) is 1. The van der Waals surface area contributed by atoms with Crippen molar-refractivity contribution in [3.63, 3.8) is 0 Å². The average Bonchev–Trinajstić information content (AvgIpc) is 3.50. The fourth-order valence-corrected chi connectivity index (χ4v) is 5.71. The van der Waals surface area contributed by atoms with Crippen molar-refractivity contribution in [3.8, 4) is 5.75 Å². The first kappa shape index (κ1) is 19.8. The number of fused-ring (bicyclic) bond motifs is 2. The molecule has 0 spiro atoms. The number of thiazole rings is 1. The first-order valence-corrected chi connectivity index (χ1v) is 11.9. The maximum atomic E-state index is 13.0. The molecule has 1 aliphatic heterocycles. The van der Waals surface area contributed by atoms with Gasteiger partial charge in [-0.15, -0.1) is 0 Å². The van der Waals surface area contributed by atoms with Crippen LogP contribution in [0.3, 0.4) is 0 Å². The molecular weight excluding hydrogens is 440 g/mol. The molecule has 1 aliphatic rings. The Balaban J connectivity index is 1.47. The molecule has 3 heterocycles. The second-order valence-corrected chi connectivity index (χ2v) is 9.86. The second-order valence-electron chi connectivity index (χ2n) is 7.15. The van der Waals surface area contributed by atoms with Gasteiger partial charge in [0, 0.05) is 13.1 Å². The van der Waals surface area contributed by atoms with Crippen LogP contribution in [0.25, 0.3) is 21.2 Å². The van der Waals surface area contributed by atoms with Crippen molar-refractivity contribution >= 4 is 53.6 Å². The molecule has 1 saturated heterocycles. The molecule has 1 fully saturated rings. The van der Waals surface area contributed by atoms with Crippen molar-refractivity contribution in [1.29, 1.82) is 0 Å². The van der Waals surface area contributed by atoms with Gasteiger partial charge in [-0.05, 0) is 49.2 Å². The van der Waals surface area contributed by atoms with Gasteiger partial charge in [0.05, 0.1) is 27.6 Å². The van der Waals surface area contributed by atoms with Crippen LogP contribution in [-0.2, 0) is 10.0 Å². The maximum Gasteiger partial charge on any atom is 0.276 e. The number of carbonyl (C=O) groups is 1. The summed E-state index contributed by atoms with van der Waals surface area (Å²) in [6.07, 6.45) is 1.89. The van der Waals surface area contributed by atoms with E-state index in [-0.39, 0.29) is 21.6 Å². The second kappa shape index (κ2) is 7.50. The highest BCUT2D eigenvalue weighted by Gasteiger charge is 2.26. The molecule has 1 amide bonds. The number of nitrogens with zero attached hydrogens (tertiary/aromatic N) is 3. The minimum atomic E-state index is -3.94. The number of benzene rings is 2. The lowest BCUT2D eigenvalue weighted by Crippen LogP contribution is -2.28. The molecule has 0 unspecified atom stereocenters. The van der Waals surface area contributed by atoms with E-state index in [1.165, 1.54) is 29.5 Å². The summed E-state index contributed by atoms with van der Waals surface area (Å²) in [7, 11) is -2.37. The van der Waals surface area contributed by atoms with Crippen LogP contribution in [0.5, 0.6) is 5.75 Å². The standard InChI is InChI=1S/C20H18N4O5S2/c1-28-12-4-6-15-17(10-12)30-20(21-15)23-31(26,27)13-5-7-16-14(11-13)18(22-29-16)19(25)24-8-2-3-9-24/h4-7,10-11H,2-3,8-9H2,1H3,(H,21,23). The van der Waals surface area contributed by atoms with Gasteiger partial charge in [-0.3, -0.25) is 9.52 Å². The maximum absolute atomic E-state index is 13.0. The fraction of sp³-hybridized carbons (Fsp3) is 0.250. The molecule has 11 heteroatoms. The van der Waals surface area contributed by atoms with Crippen LogP contribution in [0.2, 0.25) is 0 Å². The Morgan fingerprint density at radius 2 is 2.00 bits per heavy atom. The number of anilines is 1. The number of sulfonamides is 1. The summed E-state index contributed by atoms with van der Waals surface area (Å²) < 4.78 is 39.7. The van der Waals surface area contributed by atoms with Crippen LogP contribution >= 0.6 is 11.3 Å². The summed E-state index contributed by atoms with van der Waals surface area (Å²) in [5.74, 6) is 0.414. The summed E-state index contributed by atoms with van der Waals surface area (Å²) in [5.41, 5.74) is 1.14. The van der Waals surface area contributed by atoms with E-state index < -0.39 is 10.0 Å². The highest BCUT2D eigenvalue weighted by Crippen LogP contribution is 2.31. The molecule has 0 aliphatic carbocycles. The van der Waals surface area contributed by atoms with E-state index >= 15 is 0 Å². The topological polar surface area (TPSA) is 115 Å². The molecule has 0 saturated carbocycles. The quantitative estimate of drug-likeness (QED) is 0.487. The Hall–Kier alpha value is -3.18. The Labute approximate surface area is 181 Å². The van der Waals surface area contributed by atoms with Gasteiger partial charge >= 0.3 is 0 Å². The number of hydrogen-bond acceptors (Lipinski definition) is 8. The number of likely N-dealkylation sites (tertiary alicyclic amines) is 1. The minimum absolute atomic E-state index is 0.00416. The zero-order valence-electron chi connectivity index (χ0n) is 16.5. The first-order chi connectivity index (χ1) is 14.9. The Morgan fingerprint density at radius 3 is 2.77 bits per heavy atom. The normalized spacial score (nSPS) is 14.4. The van der Waals surface area contributed by atoms with E-state index in [4.69, 9.17) is 9.26 Å². The number of hydrogen-bond donors (Lipinski definition) is 1. The van der Waals surface area contributed by atoms with Crippen molar-refractivity contribution in [2.75, 3.05) is 24.9 Å². The summed E-state index contributed by atoms with van der Waals surface area (Å²) >= 11 is 1.21. The van der Waals surface area contributed by atoms with E-state index in [1.54, 1.807) is 30.2 Å². The predicted octanol–water partition coefficient (Wildman–Crippen LogP) is 3.48. The SMILES string of the molecule is COc1ccc2nc(NS(=O)(=O)c3ccc4onc(C(=O)N5CCCC5)c4c3)sc2c1. The van der Waals surface area contributed by atoms with Gasteiger partial charge in [0.1, 0.15) is 5.75 Å². The van der Waals surface area contributed by atoms with Crippen LogP contribution in [0.15, 0.2) is 45.8 Å². The summed E-state index contributed by atoms with van der Waals surface area (Å²) in [6, 6.07) is 9.65.